The first-order valence-electron chi connectivity index (χ1n) is 11.6. The second kappa shape index (κ2) is 8.81. The van der Waals surface area contributed by atoms with Crippen LogP contribution in [0.2, 0.25) is 0 Å². The third-order valence-electron chi connectivity index (χ3n) is 7.59. The molecule has 11 heteroatoms. The molecule has 2 fully saturated rings. The van der Waals surface area contributed by atoms with Gasteiger partial charge in [-0.2, -0.15) is 13.2 Å². The molecular formula is C22H32F3N5O3. The van der Waals surface area contributed by atoms with E-state index in [1.807, 2.05) is 13.1 Å². The van der Waals surface area contributed by atoms with Gasteiger partial charge in [-0.15, -0.1) is 0 Å². The highest BCUT2D eigenvalue weighted by Gasteiger charge is 2.42. The highest BCUT2D eigenvalue weighted by atomic mass is 19.4. The summed E-state index contributed by atoms with van der Waals surface area (Å²) in [4.78, 5) is 35.3. The van der Waals surface area contributed by atoms with Crippen molar-refractivity contribution in [2.75, 3.05) is 26.7 Å². The van der Waals surface area contributed by atoms with Gasteiger partial charge >= 0.3 is 12.3 Å². The SMILES string of the molecule is CC(OC(=O)N1CCC(C)(N(C)C(=O)c2cn3c(n2)CN(C2CCC2)CC3)CC1)C(F)(F)F. The number of hydrogen-bond donors (Lipinski definition) is 0. The number of amides is 2. The molecule has 1 atom stereocenters. The molecule has 4 rings (SSSR count). The fraction of sp³-hybridized carbons (Fsp3) is 0.773. The van der Waals surface area contributed by atoms with E-state index in [1.54, 1.807) is 11.9 Å². The number of ether oxygens (including phenoxy) is 1. The second-order valence-electron chi connectivity index (χ2n) is 9.71. The summed E-state index contributed by atoms with van der Waals surface area (Å²) in [5.74, 6) is 0.725. The van der Waals surface area contributed by atoms with E-state index in [0.29, 0.717) is 24.6 Å². The number of carbonyl (C=O) groups is 2. The second-order valence-corrected chi connectivity index (χ2v) is 9.71. The van der Waals surface area contributed by atoms with Gasteiger partial charge in [0.15, 0.2) is 6.10 Å². The lowest BCUT2D eigenvalue weighted by atomic mass is 9.88. The van der Waals surface area contributed by atoms with Crippen LogP contribution >= 0.6 is 0 Å². The lowest BCUT2D eigenvalue weighted by molar-refractivity contribution is -0.200. The third-order valence-corrected chi connectivity index (χ3v) is 7.59. The minimum atomic E-state index is -4.59. The zero-order chi connectivity index (χ0) is 24.0. The fourth-order valence-corrected chi connectivity index (χ4v) is 4.65. The Bertz CT molecular complexity index is 890. The minimum Gasteiger partial charge on any atom is -0.437 e. The number of fused-ring (bicyclic) bond motifs is 1. The van der Waals surface area contributed by atoms with Crippen molar-refractivity contribution in [2.24, 2.45) is 0 Å². The minimum absolute atomic E-state index is 0.184. The molecule has 0 spiro atoms. The van der Waals surface area contributed by atoms with Gasteiger partial charge in [0.25, 0.3) is 5.91 Å². The molecule has 8 nitrogen and oxygen atoms in total. The van der Waals surface area contributed by atoms with Crippen molar-refractivity contribution in [1.82, 2.24) is 24.3 Å². The molecule has 2 amide bonds. The number of alkyl halides is 3. The van der Waals surface area contributed by atoms with Gasteiger partial charge in [-0.3, -0.25) is 9.69 Å². The zero-order valence-electron chi connectivity index (χ0n) is 19.4. The number of aromatic nitrogens is 2. The quantitative estimate of drug-likeness (QED) is 0.674. The van der Waals surface area contributed by atoms with Crippen molar-refractivity contribution >= 4 is 12.0 Å². The molecule has 0 aromatic carbocycles. The Kier molecular flexibility index (Phi) is 6.36. The Labute approximate surface area is 191 Å². The van der Waals surface area contributed by atoms with Gasteiger partial charge in [0.2, 0.25) is 0 Å². The van der Waals surface area contributed by atoms with E-state index in [9.17, 15) is 22.8 Å². The summed E-state index contributed by atoms with van der Waals surface area (Å²) in [6.07, 6.45) is -1.30. The zero-order valence-corrected chi connectivity index (χ0v) is 19.4. The number of imidazole rings is 1. The fourth-order valence-electron chi connectivity index (χ4n) is 4.65. The average Bonchev–Trinajstić information content (AvgIpc) is 3.14. The monoisotopic (exact) mass is 471 g/mol. The molecule has 1 unspecified atom stereocenters. The van der Waals surface area contributed by atoms with Crippen LogP contribution in [0.3, 0.4) is 0 Å². The van der Waals surface area contributed by atoms with Gasteiger partial charge in [0.1, 0.15) is 11.5 Å². The van der Waals surface area contributed by atoms with Crippen molar-refractivity contribution in [1.29, 1.82) is 0 Å². The van der Waals surface area contributed by atoms with Crippen molar-refractivity contribution < 1.29 is 27.5 Å². The number of hydrogen-bond acceptors (Lipinski definition) is 5. The summed E-state index contributed by atoms with van der Waals surface area (Å²) in [6, 6.07) is 0.632. The van der Waals surface area contributed by atoms with Crippen LogP contribution in [0.4, 0.5) is 18.0 Å². The van der Waals surface area contributed by atoms with E-state index in [2.05, 4.69) is 19.2 Å². The average molecular weight is 472 g/mol. The molecule has 1 aliphatic carbocycles. The maximum atomic E-state index is 13.2. The summed E-state index contributed by atoms with van der Waals surface area (Å²) in [5, 5.41) is 0. The van der Waals surface area contributed by atoms with E-state index in [0.717, 1.165) is 32.4 Å². The smallest absolute Gasteiger partial charge is 0.425 e. The first-order valence-corrected chi connectivity index (χ1v) is 11.6. The summed E-state index contributed by atoms with van der Waals surface area (Å²) in [6.45, 7) is 5.72. The van der Waals surface area contributed by atoms with Crippen LogP contribution in [-0.4, -0.2) is 86.8 Å². The Balaban J connectivity index is 1.35. The number of piperidine rings is 1. The number of carbonyl (C=O) groups excluding carboxylic acids is 2. The molecule has 1 aromatic heterocycles. The van der Waals surface area contributed by atoms with Crippen LogP contribution < -0.4 is 0 Å². The van der Waals surface area contributed by atoms with E-state index in [4.69, 9.17) is 0 Å². The number of rotatable bonds is 4. The standard InChI is InChI=1S/C22H32F3N5O3/c1-15(22(23,24)25)33-20(32)28-9-7-21(2,8-10-28)27(3)19(31)17-13-30-12-11-29(14-18(30)26-17)16-5-4-6-16/h13,15-16H,4-12,14H2,1-3H3. The van der Waals surface area contributed by atoms with Crippen LogP contribution in [0.1, 0.15) is 62.3 Å². The molecule has 1 aromatic rings. The molecule has 0 bridgehead atoms. The van der Waals surface area contributed by atoms with E-state index in [-0.39, 0.29) is 19.0 Å². The van der Waals surface area contributed by atoms with Gasteiger partial charge in [0, 0.05) is 51.0 Å². The largest absolute Gasteiger partial charge is 0.437 e. The van der Waals surface area contributed by atoms with Gasteiger partial charge in [-0.05, 0) is 39.5 Å². The maximum absolute atomic E-state index is 13.2. The normalized spacial score (nSPS) is 22.3. The van der Waals surface area contributed by atoms with Crippen LogP contribution in [0, 0.1) is 0 Å². The van der Waals surface area contributed by atoms with Gasteiger partial charge in [0.05, 0.1) is 6.54 Å². The topological polar surface area (TPSA) is 70.9 Å². The van der Waals surface area contributed by atoms with E-state index in [1.165, 1.54) is 24.2 Å². The van der Waals surface area contributed by atoms with Crippen LogP contribution in [-0.2, 0) is 17.8 Å². The van der Waals surface area contributed by atoms with Crippen LogP contribution in [0.5, 0.6) is 0 Å². The van der Waals surface area contributed by atoms with Crippen molar-refractivity contribution in [3.8, 4) is 0 Å². The number of likely N-dealkylation sites (tertiary alicyclic amines) is 1. The molecule has 1 saturated heterocycles. The molecule has 0 radical (unpaired) electrons. The number of nitrogens with zero attached hydrogens (tertiary/aromatic N) is 5. The summed E-state index contributed by atoms with van der Waals surface area (Å²) in [5.41, 5.74) is -0.129. The van der Waals surface area contributed by atoms with E-state index >= 15 is 0 Å². The predicted molar refractivity (Wildman–Crippen MR) is 114 cm³/mol. The molecule has 2 aliphatic heterocycles. The maximum Gasteiger partial charge on any atom is 0.425 e. The molecule has 3 heterocycles. The van der Waals surface area contributed by atoms with Crippen LogP contribution in [0.15, 0.2) is 6.20 Å². The highest BCUT2D eigenvalue weighted by Crippen LogP contribution is 2.31. The lowest BCUT2D eigenvalue weighted by Crippen LogP contribution is -2.55. The Morgan fingerprint density at radius 2 is 1.88 bits per heavy atom. The third kappa shape index (κ3) is 4.83. The highest BCUT2D eigenvalue weighted by molar-refractivity contribution is 5.92. The predicted octanol–water partition coefficient (Wildman–Crippen LogP) is 3.27. The molecule has 1 saturated carbocycles. The Hall–Kier alpha value is -2.30. The summed E-state index contributed by atoms with van der Waals surface area (Å²) < 4.78 is 44.6. The Morgan fingerprint density at radius 3 is 2.45 bits per heavy atom. The van der Waals surface area contributed by atoms with Crippen molar-refractivity contribution in [2.45, 2.75) is 82.9 Å². The lowest BCUT2D eigenvalue weighted by Gasteiger charge is -2.44. The van der Waals surface area contributed by atoms with Gasteiger partial charge in [-0.25, -0.2) is 9.78 Å². The molecule has 0 N–H and O–H groups in total. The first-order chi connectivity index (χ1) is 15.5. The first kappa shape index (κ1) is 23.8. The van der Waals surface area contributed by atoms with Crippen molar-refractivity contribution in [3.63, 3.8) is 0 Å². The molecule has 33 heavy (non-hydrogen) atoms. The number of halogens is 3. The van der Waals surface area contributed by atoms with Gasteiger partial charge in [-0.1, -0.05) is 6.42 Å². The van der Waals surface area contributed by atoms with Gasteiger partial charge < -0.3 is 19.1 Å². The van der Waals surface area contributed by atoms with Crippen LogP contribution in [0.25, 0.3) is 0 Å². The van der Waals surface area contributed by atoms with Crippen molar-refractivity contribution in [3.05, 3.63) is 17.7 Å². The molecular weight excluding hydrogens is 439 g/mol. The molecule has 184 valence electrons. The summed E-state index contributed by atoms with van der Waals surface area (Å²) in [7, 11) is 1.72. The molecule has 3 aliphatic rings. The summed E-state index contributed by atoms with van der Waals surface area (Å²) >= 11 is 0. The van der Waals surface area contributed by atoms with E-state index < -0.39 is 23.9 Å². The Morgan fingerprint density at radius 1 is 1.21 bits per heavy atom.